The minimum Gasteiger partial charge on any atom is -0.502 e. The highest BCUT2D eigenvalue weighted by Crippen LogP contribution is 2.36. The van der Waals surface area contributed by atoms with Gasteiger partial charge in [0.25, 0.3) is 0 Å². The van der Waals surface area contributed by atoms with Crippen molar-refractivity contribution in [3.63, 3.8) is 0 Å². The number of para-hydroxylation sites is 1. The van der Waals surface area contributed by atoms with E-state index in [-0.39, 0.29) is 5.75 Å². The van der Waals surface area contributed by atoms with Gasteiger partial charge in [0.15, 0.2) is 11.5 Å². The summed E-state index contributed by atoms with van der Waals surface area (Å²) < 4.78 is 10.2. The van der Waals surface area contributed by atoms with Crippen LogP contribution in [0.3, 0.4) is 0 Å². The van der Waals surface area contributed by atoms with Crippen LogP contribution in [0.25, 0.3) is 0 Å². The number of ether oxygens (including phenoxy) is 2. The first-order valence-electron chi connectivity index (χ1n) is 6.03. The zero-order valence-corrected chi connectivity index (χ0v) is 11.3. The maximum atomic E-state index is 9.81. The summed E-state index contributed by atoms with van der Waals surface area (Å²) in [6, 6.07) is 13.0. The molecule has 0 saturated carbocycles. The molecule has 0 aliphatic rings. The average Bonchev–Trinajstić information content (AvgIpc) is 2.49. The fraction of sp³-hybridized carbons (Fsp3) is 0.133. The van der Waals surface area contributed by atoms with Crippen molar-refractivity contribution >= 4 is 11.9 Å². The molecule has 0 amide bonds. The maximum Gasteiger partial charge on any atom is 0.200 e. The number of nitrogens with zero attached hydrogens (tertiary/aromatic N) is 1. The SMILES string of the molecule is COc1cc(/C=N/Nc2ccccc2)cc(OC)c1O. The van der Waals surface area contributed by atoms with E-state index < -0.39 is 0 Å². The zero-order valence-electron chi connectivity index (χ0n) is 11.3. The molecule has 0 radical (unpaired) electrons. The van der Waals surface area contributed by atoms with Crippen molar-refractivity contribution in [2.24, 2.45) is 5.10 Å². The van der Waals surface area contributed by atoms with Crippen LogP contribution in [-0.4, -0.2) is 25.5 Å². The molecular formula is C15H16N2O3. The number of hydrazone groups is 1. The smallest absolute Gasteiger partial charge is 0.200 e. The molecule has 5 heteroatoms. The molecule has 0 saturated heterocycles. The number of hydrogen-bond donors (Lipinski definition) is 2. The number of rotatable bonds is 5. The minimum atomic E-state index is -0.0248. The monoisotopic (exact) mass is 272 g/mol. The Labute approximate surface area is 117 Å². The second-order valence-electron chi connectivity index (χ2n) is 4.01. The van der Waals surface area contributed by atoms with Crippen LogP contribution in [0.4, 0.5) is 5.69 Å². The maximum absolute atomic E-state index is 9.81. The lowest BCUT2D eigenvalue weighted by atomic mass is 10.2. The van der Waals surface area contributed by atoms with E-state index in [1.54, 1.807) is 18.3 Å². The van der Waals surface area contributed by atoms with E-state index in [1.807, 2.05) is 30.3 Å². The van der Waals surface area contributed by atoms with Crippen molar-refractivity contribution in [3.8, 4) is 17.2 Å². The predicted octanol–water partition coefficient (Wildman–Crippen LogP) is 2.86. The summed E-state index contributed by atoms with van der Waals surface area (Å²) in [6.07, 6.45) is 1.62. The van der Waals surface area contributed by atoms with E-state index in [0.29, 0.717) is 11.5 Å². The third kappa shape index (κ3) is 3.20. The van der Waals surface area contributed by atoms with E-state index in [9.17, 15) is 5.11 Å². The lowest BCUT2D eigenvalue weighted by Crippen LogP contribution is -1.94. The summed E-state index contributed by atoms with van der Waals surface area (Å²) in [6.45, 7) is 0. The average molecular weight is 272 g/mol. The number of nitrogens with one attached hydrogen (secondary N) is 1. The van der Waals surface area contributed by atoms with Gasteiger partial charge in [-0.15, -0.1) is 0 Å². The molecule has 5 nitrogen and oxygen atoms in total. The van der Waals surface area contributed by atoms with Crippen LogP contribution < -0.4 is 14.9 Å². The Morgan fingerprint density at radius 1 is 1.05 bits per heavy atom. The Hall–Kier alpha value is -2.69. The van der Waals surface area contributed by atoms with Gasteiger partial charge in [-0.3, -0.25) is 5.43 Å². The predicted molar refractivity (Wildman–Crippen MR) is 78.9 cm³/mol. The molecule has 0 spiro atoms. The third-order valence-corrected chi connectivity index (χ3v) is 2.68. The van der Waals surface area contributed by atoms with Crippen LogP contribution in [0.1, 0.15) is 5.56 Å². The van der Waals surface area contributed by atoms with E-state index in [4.69, 9.17) is 9.47 Å². The number of phenols is 1. The summed E-state index contributed by atoms with van der Waals surface area (Å²) in [5.41, 5.74) is 4.55. The molecule has 0 aliphatic carbocycles. The third-order valence-electron chi connectivity index (χ3n) is 2.68. The van der Waals surface area contributed by atoms with Gasteiger partial charge in [0, 0.05) is 5.56 Å². The molecule has 2 rings (SSSR count). The Morgan fingerprint density at radius 2 is 1.65 bits per heavy atom. The second kappa shape index (κ2) is 6.47. The summed E-state index contributed by atoms with van der Waals surface area (Å²) >= 11 is 0. The molecule has 2 N–H and O–H groups in total. The van der Waals surface area contributed by atoms with Gasteiger partial charge in [-0.2, -0.15) is 5.10 Å². The van der Waals surface area contributed by atoms with Crippen molar-refractivity contribution in [2.45, 2.75) is 0 Å². The molecule has 0 atom stereocenters. The number of methoxy groups -OCH3 is 2. The molecule has 0 bridgehead atoms. The summed E-state index contributed by atoms with van der Waals surface area (Å²) in [5.74, 6) is 0.652. The van der Waals surface area contributed by atoms with Crippen molar-refractivity contribution < 1.29 is 14.6 Å². The molecule has 20 heavy (non-hydrogen) atoms. The number of anilines is 1. The van der Waals surface area contributed by atoms with Gasteiger partial charge < -0.3 is 14.6 Å². The Balaban J connectivity index is 2.16. The Kier molecular flexibility index (Phi) is 4.44. The number of benzene rings is 2. The highest BCUT2D eigenvalue weighted by atomic mass is 16.5. The fourth-order valence-corrected chi connectivity index (χ4v) is 1.68. The van der Waals surface area contributed by atoms with E-state index in [0.717, 1.165) is 11.3 Å². The van der Waals surface area contributed by atoms with E-state index in [1.165, 1.54) is 14.2 Å². The number of aromatic hydroxyl groups is 1. The van der Waals surface area contributed by atoms with Crippen LogP contribution in [0.15, 0.2) is 47.6 Å². The topological polar surface area (TPSA) is 63.1 Å². The van der Waals surface area contributed by atoms with Crippen LogP contribution >= 0.6 is 0 Å². The molecule has 2 aromatic carbocycles. The second-order valence-corrected chi connectivity index (χ2v) is 4.01. The van der Waals surface area contributed by atoms with Gasteiger partial charge in [-0.25, -0.2) is 0 Å². The summed E-state index contributed by atoms with van der Waals surface area (Å²) in [7, 11) is 2.97. The first kappa shape index (κ1) is 13.7. The van der Waals surface area contributed by atoms with Gasteiger partial charge >= 0.3 is 0 Å². The van der Waals surface area contributed by atoms with Crippen molar-refractivity contribution in [1.29, 1.82) is 0 Å². The van der Waals surface area contributed by atoms with Gasteiger partial charge in [0.1, 0.15) is 0 Å². The number of phenolic OH excluding ortho intramolecular Hbond substituents is 1. The molecule has 0 unspecified atom stereocenters. The van der Waals surface area contributed by atoms with Crippen LogP contribution in [0.5, 0.6) is 17.2 Å². The standard InChI is InChI=1S/C15H16N2O3/c1-19-13-8-11(9-14(20-2)15(13)18)10-16-17-12-6-4-3-5-7-12/h3-10,17-18H,1-2H3/b16-10+. The van der Waals surface area contributed by atoms with Crippen LogP contribution in [0.2, 0.25) is 0 Å². The number of hydrogen-bond acceptors (Lipinski definition) is 5. The van der Waals surface area contributed by atoms with Crippen LogP contribution in [-0.2, 0) is 0 Å². The van der Waals surface area contributed by atoms with Crippen molar-refractivity contribution in [2.75, 3.05) is 19.6 Å². The highest BCUT2D eigenvalue weighted by molar-refractivity contribution is 5.82. The normalized spacial score (nSPS) is 10.5. The molecule has 104 valence electrons. The quantitative estimate of drug-likeness (QED) is 0.649. The molecular weight excluding hydrogens is 256 g/mol. The molecule has 0 fully saturated rings. The van der Waals surface area contributed by atoms with Crippen molar-refractivity contribution in [3.05, 3.63) is 48.0 Å². The van der Waals surface area contributed by atoms with Gasteiger partial charge in [0.05, 0.1) is 26.1 Å². The minimum absolute atomic E-state index is 0.0248. The molecule has 0 aliphatic heterocycles. The van der Waals surface area contributed by atoms with Crippen LogP contribution in [0, 0.1) is 0 Å². The zero-order chi connectivity index (χ0) is 14.4. The Bertz CT molecular complexity index is 572. The van der Waals surface area contributed by atoms with Gasteiger partial charge in [-0.05, 0) is 24.3 Å². The fourth-order valence-electron chi connectivity index (χ4n) is 1.68. The lowest BCUT2D eigenvalue weighted by Gasteiger charge is -2.09. The summed E-state index contributed by atoms with van der Waals surface area (Å²) in [5, 5.41) is 13.9. The highest BCUT2D eigenvalue weighted by Gasteiger charge is 2.09. The molecule has 2 aromatic rings. The summed E-state index contributed by atoms with van der Waals surface area (Å²) in [4.78, 5) is 0. The first-order chi connectivity index (χ1) is 9.74. The van der Waals surface area contributed by atoms with Gasteiger partial charge in [-0.1, -0.05) is 18.2 Å². The molecule has 0 aromatic heterocycles. The van der Waals surface area contributed by atoms with Gasteiger partial charge in [0.2, 0.25) is 5.75 Å². The molecule has 0 heterocycles. The Morgan fingerprint density at radius 3 is 2.20 bits per heavy atom. The first-order valence-corrected chi connectivity index (χ1v) is 6.03. The lowest BCUT2D eigenvalue weighted by molar-refractivity contribution is 0.340. The van der Waals surface area contributed by atoms with Crippen molar-refractivity contribution in [1.82, 2.24) is 0 Å². The largest absolute Gasteiger partial charge is 0.502 e. The van der Waals surface area contributed by atoms with E-state index >= 15 is 0 Å². The van der Waals surface area contributed by atoms with E-state index in [2.05, 4.69) is 10.5 Å².